The summed E-state index contributed by atoms with van der Waals surface area (Å²) in [5, 5.41) is 8.08. The Bertz CT molecular complexity index is 1260. The van der Waals surface area contributed by atoms with E-state index in [-0.39, 0.29) is 0 Å². The molecule has 0 saturated heterocycles. The lowest BCUT2D eigenvalue weighted by Gasteiger charge is -2.35. The van der Waals surface area contributed by atoms with Gasteiger partial charge in [0.05, 0.1) is 0 Å². The molecular weight excluding hydrogens is 604 g/mol. The van der Waals surface area contributed by atoms with Crippen LogP contribution in [0.2, 0.25) is 0 Å². The molecule has 0 radical (unpaired) electrons. The van der Waals surface area contributed by atoms with Gasteiger partial charge >= 0.3 is 0 Å². The quantitative estimate of drug-likeness (QED) is 0.159. The summed E-state index contributed by atoms with van der Waals surface area (Å²) >= 11 is 10.9. The zero-order valence-electron chi connectivity index (χ0n) is 17.1. The van der Waals surface area contributed by atoms with Gasteiger partial charge < -0.3 is 0 Å². The molecule has 0 aliphatic heterocycles. The van der Waals surface area contributed by atoms with Crippen molar-refractivity contribution in [2.45, 2.75) is 0 Å². The molecule has 5 rings (SSSR count). The standard InChI is InChI=1S/C28H19Br3Si/c29-21-8-14-24(15-9-21)32(25-16-10-22(30)11-17-25,26-18-12-23(31)13-19-26)28-7-3-5-20-4-1-2-6-27(20)28/h1-19H. The van der Waals surface area contributed by atoms with E-state index < -0.39 is 8.07 Å². The molecular formula is C28H19Br3Si. The fraction of sp³-hybridized carbons (Fsp3) is 0. The molecule has 0 atom stereocenters. The third-order valence-electron chi connectivity index (χ3n) is 6.03. The first-order valence-electron chi connectivity index (χ1n) is 10.4. The second-order valence-electron chi connectivity index (χ2n) is 7.80. The lowest BCUT2D eigenvalue weighted by molar-refractivity contribution is 1.63. The zero-order chi connectivity index (χ0) is 22.1. The number of hydrogen-bond acceptors (Lipinski definition) is 0. The SMILES string of the molecule is Brc1ccc([Si](c2ccc(Br)cc2)(c2ccc(Br)cc2)c2cccc3ccccc23)cc1. The maximum atomic E-state index is 3.64. The molecule has 0 heterocycles. The van der Waals surface area contributed by atoms with Gasteiger partial charge in [-0.05, 0) is 67.9 Å². The third kappa shape index (κ3) is 3.84. The minimum atomic E-state index is -2.60. The largest absolute Gasteiger partial charge is 0.180 e. The molecule has 5 aromatic carbocycles. The maximum absolute atomic E-state index is 3.64. The molecule has 32 heavy (non-hydrogen) atoms. The number of halogens is 3. The topological polar surface area (TPSA) is 0 Å². The van der Waals surface area contributed by atoms with E-state index in [1.54, 1.807) is 0 Å². The molecule has 0 N–H and O–H groups in total. The molecule has 0 aliphatic carbocycles. The third-order valence-corrected chi connectivity index (χ3v) is 12.5. The molecule has 0 saturated carbocycles. The van der Waals surface area contributed by atoms with Gasteiger partial charge in [0.25, 0.3) is 0 Å². The van der Waals surface area contributed by atoms with Crippen molar-refractivity contribution in [1.29, 1.82) is 0 Å². The smallest absolute Gasteiger partial charge is 0.0617 e. The van der Waals surface area contributed by atoms with E-state index in [2.05, 4.69) is 163 Å². The molecule has 4 heteroatoms. The molecule has 0 bridgehead atoms. The van der Waals surface area contributed by atoms with Gasteiger partial charge in [0.1, 0.15) is 0 Å². The molecule has 156 valence electrons. The summed E-state index contributed by atoms with van der Waals surface area (Å²) in [6.45, 7) is 0. The van der Waals surface area contributed by atoms with E-state index in [9.17, 15) is 0 Å². The van der Waals surface area contributed by atoms with E-state index in [0.29, 0.717) is 0 Å². The van der Waals surface area contributed by atoms with Crippen LogP contribution in [0.3, 0.4) is 0 Å². The van der Waals surface area contributed by atoms with Gasteiger partial charge in [-0.2, -0.15) is 0 Å². The van der Waals surface area contributed by atoms with E-state index in [1.807, 2.05) is 0 Å². The number of benzene rings is 5. The average molecular weight is 623 g/mol. The second-order valence-corrected chi connectivity index (χ2v) is 14.3. The van der Waals surface area contributed by atoms with Gasteiger partial charge in [-0.1, -0.05) is 127 Å². The number of fused-ring (bicyclic) bond motifs is 1. The van der Waals surface area contributed by atoms with Crippen LogP contribution in [0.25, 0.3) is 10.8 Å². The molecule has 0 unspecified atom stereocenters. The summed E-state index contributed by atoms with van der Waals surface area (Å²) in [7, 11) is -2.60. The average Bonchev–Trinajstić information content (AvgIpc) is 2.83. The van der Waals surface area contributed by atoms with Crippen molar-refractivity contribution in [2.75, 3.05) is 0 Å². The Kier molecular flexibility index (Phi) is 6.21. The van der Waals surface area contributed by atoms with Crippen LogP contribution in [0.4, 0.5) is 0 Å². The van der Waals surface area contributed by atoms with Crippen molar-refractivity contribution in [3.05, 3.63) is 129 Å². The van der Waals surface area contributed by atoms with E-state index in [0.717, 1.165) is 13.4 Å². The van der Waals surface area contributed by atoms with E-state index in [4.69, 9.17) is 0 Å². The highest BCUT2D eigenvalue weighted by Crippen LogP contribution is 2.20. The lowest BCUT2D eigenvalue weighted by Crippen LogP contribution is -2.74. The fourth-order valence-corrected chi connectivity index (χ4v) is 10.3. The van der Waals surface area contributed by atoms with Gasteiger partial charge in [0.15, 0.2) is 8.07 Å². The zero-order valence-corrected chi connectivity index (χ0v) is 22.9. The molecule has 0 spiro atoms. The molecule has 0 fully saturated rings. The van der Waals surface area contributed by atoms with Crippen molar-refractivity contribution >= 4 is 87.4 Å². The Labute approximate surface area is 214 Å². The molecule has 0 nitrogen and oxygen atoms in total. The maximum Gasteiger partial charge on any atom is 0.180 e. The summed E-state index contributed by atoms with van der Waals surface area (Å²) < 4.78 is 3.27. The van der Waals surface area contributed by atoms with Crippen molar-refractivity contribution in [2.24, 2.45) is 0 Å². The minimum absolute atomic E-state index is 1.09. The minimum Gasteiger partial charge on any atom is -0.0617 e. The van der Waals surface area contributed by atoms with Crippen LogP contribution in [0.1, 0.15) is 0 Å². The molecule has 5 aromatic rings. The Hall–Kier alpha value is -1.98. The van der Waals surface area contributed by atoms with Gasteiger partial charge in [-0.15, -0.1) is 0 Å². The van der Waals surface area contributed by atoms with Crippen LogP contribution >= 0.6 is 47.8 Å². The Morgan fingerprint density at radius 1 is 0.406 bits per heavy atom. The van der Waals surface area contributed by atoms with Crippen molar-refractivity contribution in [1.82, 2.24) is 0 Å². The number of hydrogen-bond donors (Lipinski definition) is 0. The van der Waals surface area contributed by atoms with Gasteiger partial charge in [-0.25, -0.2) is 0 Å². The van der Waals surface area contributed by atoms with E-state index >= 15 is 0 Å². The highest BCUT2D eigenvalue weighted by molar-refractivity contribution is 9.11. The highest BCUT2D eigenvalue weighted by atomic mass is 79.9. The second kappa shape index (κ2) is 9.10. The summed E-state index contributed by atoms with van der Waals surface area (Å²) in [6, 6.07) is 42.3. The first kappa shape index (κ1) is 21.8. The summed E-state index contributed by atoms with van der Waals surface area (Å²) in [5.74, 6) is 0. The van der Waals surface area contributed by atoms with Crippen LogP contribution < -0.4 is 20.7 Å². The van der Waals surface area contributed by atoms with Crippen LogP contribution in [-0.2, 0) is 0 Å². The molecule has 0 aliphatic rings. The summed E-state index contributed by atoms with van der Waals surface area (Å²) in [4.78, 5) is 0. The number of rotatable bonds is 4. The summed E-state index contributed by atoms with van der Waals surface area (Å²) in [6.07, 6.45) is 0. The lowest BCUT2D eigenvalue weighted by atomic mass is 10.1. The molecule has 0 amide bonds. The summed E-state index contributed by atoms with van der Waals surface area (Å²) in [5.41, 5.74) is 0. The van der Waals surface area contributed by atoms with Crippen molar-refractivity contribution in [3.8, 4) is 0 Å². The molecule has 0 aromatic heterocycles. The Morgan fingerprint density at radius 3 is 1.28 bits per heavy atom. The van der Waals surface area contributed by atoms with Gasteiger partial charge in [0, 0.05) is 13.4 Å². The fourth-order valence-electron chi connectivity index (χ4n) is 4.62. The highest BCUT2D eigenvalue weighted by Gasteiger charge is 2.42. The first-order chi connectivity index (χ1) is 15.6. The van der Waals surface area contributed by atoms with Gasteiger partial charge in [-0.3, -0.25) is 0 Å². The van der Waals surface area contributed by atoms with Crippen molar-refractivity contribution < 1.29 is 0 Å². The normalized spacial score (nSPS) is 11.6. The predicted molar refractivity (Wildman–Crippen MR) is 151 cm³/mol. The Balaban J connectivity index is 1.97. The van der Waals surface area contributed by atoms with Crippen LogP contribution in [0.15, 0.2) is 129 Å². The van der Waals surface area contributed by atoms with E-state index in [1.165, 1.54) is 31.5 Å². The monoisotopic (exact) mass is 620 g/mol. The van der Waals surface area contributed by atoms with Crippen LogP contribution in [-0.4, -0.2) is 8.07 Å². The first-order valence-corrected chi connectivity index (χ1v) is 14.7. The van der Waals surface area contributed by atoms with Crippen molar-refractivity contribution in [3.63, 3.8) is 0 Å². The van der Waals surface area contributed by atoms with Gasteiger partial charge in [0.2, 0.25) is 0 Å². The predicted octanol–water partition coefficient (Wildman–Crippen LogP) is 6.50. The van der Waals surface area contributed by atoms with Crippen LogP contribution in [0, 0.1) is 0 Å². The van der Waals surface area contributed by atoms with Crippen LogP contribution in [0.5, 0.6) is 0 Å². The Morgan fingerprint density at radius 2 is 0.812 bits per heavy atom.